The third kappa shape index (κ3) is 2.10. The van der Waals surface area contributed by atoms with E-state index in [0.717, 1.165) is 6.42 Å². The number of benzene rings is 1. The van der Waals surface area contributed by atoms with Crippen molar-refractivity contribution in [2.24, 2.45) is 5.92 Å². The van der Waals surface area contributed by atoms with Crippen LogP contribution in [0.15, 0.2) is 35.2 Å². The van der Waals surface area contributed by atoms with Gasteiger partial charge in [-0.3, -0.25) is 4.79 Å². The largest absolute Gasteiger partial charge is 0.469 e. The first-order valence-electron chi connectivity index (χ1n) is 4.61. The average molecular weight is 208 g/mol. The number of hydrogen-bond acceptors (Lipinski definition) is 3. The van der Waals surface area contributed by atoms with Crippen LogP contribution in [0.2, 0.25) is 0 Å². The minimum atomic E-state index is -0.0709. The van der Waals surface area contributed by atoms with Gasteiger partial charge >= 0.3 is 5.97 Å². The van der Waals surface area contributed by atoms with E-state index in [9.17, 15) is 4.79 Å². The van der Waals surface area contributed by atoms with Crippen LogP contribution in [-0.4, -0.2) is 18.3 Å². The van der Waals surface area contributed by atoms with Crippen molar-refractivity contribution in [2.75, 3.05) is 7.11 Å². The molecule has 1 saturated carbocycles. The van der Waals surface area contributed by atoms with Crippen molar-refractivity contribution in [3.05, 3.63) is 30.3 Å². The van der Waals surface area contributed by atoms with E-state index in [4.69, 9.17) is 0 Å². The second-order valence-electron chi connectivity index (χ2n) is 3.33. The van der Waals surface area contributed by atoms with E-state index < -0.39 is 0 Å². The van der Waals surface area contributed by atoms with E-state index in [1.54, 1.807) is 11.8 Å². The third-order valence-electron chi connectivity index (χ3n) is 2.27. The molecule has 1 aromatic carbocycles. The van der Waals surface area contributed by atoms with E-state index in [-0.39, 0.29) is 11.9 Å². The predicted molar refractivity (Wildman–Crippen MR) is 56.2 cm³/mol. The van der Waals surface area contributed by atoms with Gasteiger partial charge in [0.25, 0.3) is 0 Å². The molecule has 14 heavy (non-hydrogen) atoms. The van der Waals surface area contributed by atoms with Crippen molar-refractivity contribution in [2.45, 2.75) is 16.6 Å². The number of rotatable bonds is 3. The van der Waals surface area contributed by atoms with Gasteiger partial charge in [-0.25, -0.2) is 0 Å². The number of thioether (sulfide) groups is 1. The summed E-state index contributed by atoms with van der Waals surface area (Å²) < 4.78 is 4.69. The second kappa shape index (κ2) is 4.05. The summed E-state index contributed by atoms with van der Waals surface area (Å²) >= 11 is 1.76. The first-order valence-corrected chi connectivity index (χ1v) is 5.49. The monoisotopic (exact) mass is 208 g/mol. The summed E-state index contributed by atoms with van der Waals surface area (Å²) in [5, 5.41) is 0.421. The fourth-order valence-electron chi connectivity index (χ4n) is 1.38. The lowest BCUT2D eigenvalue weighted by Crippen LogP contribution is -2.04. The van der Waals surface area contributed by atoms with Crippen LogP contribution in [-0.2, 0) is 9.53 Å². The summed E-state index contributed by atoms with van der Waals surface area (Å²) in [7, 11) is 1.45. The SMILES string of the molecule is COC(=O)[C@@H]1C[C@H]1Sc1ccccc1. The van der Waals surface area contributed by atoms with Crippen LogP contribution >= 0.6 is 11.8 Å². The van der Waals surface area contributed by atoms with Crippen LogP contribution < -0.4 is 0 Å². The molecular weight excluding hydrogens is 196 g/mol. The van der Waals surface area contributed by atoms with Crippen molar-refractivity contribution in [3.63, 3.8) is 0 Å². The summed E-state index contributed by atoms with van der Waals surface area (Å²) in [6, 6.07) is 10.2. The molecule has 0 aliphatic heterocycles. The molecule has 1 fully saturated rings. The van der Waals surface area contributed by atoms with Gasteiger partial charge in [-0.1, -0.05) is 18.2 Å². The van der Waals surface area contributed by atoms with E-state index >= 15 is 0 Å². The van der Waals surface area contributed by atoms with Gasteiger partial charge in [-0.15, -0.1) is 11.8 Å². The smallest absolute Gasteiger partial charge is 0.309 e. The summed E-state index contributed by atoms with van der Waals surface area (Å²) in [4.78, 5) is 12.4. The van der Waals surface area contributed by atoms with Gasteiger partial charge in [0.2, 0.25) is 0 Å². The lowest BCUT2D eigenvalue weighted by Gasteiger charge is -1.99. The fourth-order valence-corrected chi connectivity index (χ4v) is 2.62. The average Bonchev–Trinajstić information content (AvgIpc) is 2.98. The van der Waals surface area contributed by atoms with Crippen LogP contribution in [0.5, 0.6) is 0 Å². The number of carbonyl (C=O) groups is 1. The maximum Gasteiger partial charge on any atom is 0.309 e. The Kier molecular flexibility index (Phi) is 2.77. The molecule has 3 heteroatoms. The summed E-state index contributed by atoms with van der Waals surface area (Å²) in [5.41, 5.74) is 0. The fraction of sp³-hybridized carbons (Fsp3) is 0.364. The Morgan fingerprint density at radius 1 is 1.43 bits per heavy atom. The molecule has 0 saturated heterocycles. The van der Waals surface area contributed by atoms with Crippen LogP contribution in [0.1, 0.15) is 6.42 Å². The number of hydrogen-bond donors (Lipinski definition) is 0. The molecule has 0 bridgehead atoms. The molecule has 1 aliphatic rings. The maximum absolute atomic E-state index is 11.1. The summed E-state index contributed by atoms with van der Waals surface area (Å²) in [6.07, 6.45) is 0.951. The first kappa shape index (κ1) is 9.59. The molecule has 0 radical (unpaired) electrons. The van der Waals surface area contributed by atoms with Crippen LogP contribution in [0.3, 0.4) is 0 Å². The highest BCUT2D eigenvalue weighted by atomic mass is 32.2. The number of ether oxygens (including phenoxy) is 1. The Labute approximate surface area is 87.6 Å². The Morgan fingerprint density at radius 2 is 2.14 bits per heavy atom. The molecule has 0 amide bonds. The van der Waals surface area contributed by atoms with Crippen LogP contribution in [0.25, 0.3) is 0 Å². The highest BCUT2D eigenvalue weighted by molar-refractivity contribution is 8.00. The van der Waals surface area contributed by atoms with Gasteiger partial charge < -0.3 is 4.74 Å². The minimum Gasteiger partial charge on any atom is -0.469 e. The molecule has 74 valence electrons. The molecule has 0 heterocycles. The van der Waals surface area contributed by atoms with Crippen LogP contribution in [0, 0.1) is 5.92 Å². The number of carbonyl (C=O) groups excluding carboxylic acids is 1. The molecular formula is C11H12O2S. The maximum atomic E-state index is 11.1. The van der Waals surface area contributed by atoms with Gasteiger partial charge in [0.15, 0.2) is 0 Å². The van der Waals surface area contributed by atoms with Crippen molar-refractivity contribution in [3.8, 4) is 0 Å². The molecule has 2 nitrogen and oxygen atoms in total. The zero-order chi connectivity index (χ0) is 9.97. The first-order chi connectivity index (χ1) is 6.81. The topological polar surface area (TPSA) is 26.3 Å². The Morgan fingerprint density at radius 3 is 2.79 bits per heavy atom. The van der Waals surface area contributed by atoms with E-state index in [0.29, 0.717) is 5.25 Å². The summed E-state index contributed by atoms with van der Waals surface area (Å²) in [6.45, 7) is 0. The minimum absolute atomic E-state index is 0.0709. The zero-order valence-electron chi connectivity index (χ0n) is 7.97. The Bertz CT molecular complexity index is 323. The van der Waals surface area contributed by atoms with Gasteiger partial charge in [0, 0.05) is 10.1 Å². The van der Waals surface area contributed by atoms with Crippen LogP contribution in [0.4, 0.5) is 0 Å². The van der Waals surface area contributed by atoms with Gasteiger partial charge in [-0.05, 0) is 18.6 Å². The van der Waals surface area contributed by atoms with E-state index in [2.05, 4.69) is 16.9 Å². The zero-order valence-corrected chi connectivity index (χ0v) is 8.79. The Hall–Kier alpha value is -0.960. The molecule has 0 N–H and O–H groups in total. The van der Waals surface area contributed by atoms with Gasteiger partial charge in [0.1, 0.15) is 0 Å². The van der Waals surface area contributed by atoms with Gasteiger partial charge in [0.05, 0.1) is 13.0 Å². The molecule has 0 aromatic heterocycles. The van der Waals surface area contributed by atoms with Crippen molar-refractivity contribution >= 4 is 17.7 Å². The van der Waals surface area contributed by atoms with E-state index in [1.165, 1.54) is 12.0 Å². The van der Waals surface area contributed by atoms with E-state index in [1.807, 2.05) is 18.2 Å². The molecule has 0 spiro atoms. The highest BCUT2D eigenvalue weighted by Gasteiger charge is 2.44. The van der Waals surface area contributed by atoms with Crippen molar-refractivity contribution in [1.82, 2.24) is 0 Å². The number of methoxy groups -OCH3 is 1. The van der Waals surface area contributed by atoms with Crippen molar-refractivity contribution in [1.29, 1.82) is 0 Å². The molecule has 1 aliphatic carbocycles. The second-order valence-corrected chi connectivity index (χ2v) is 4.65. The van der Waals surface area contributed by atoms with Gasteiger partial charge in [-0.2, -0.15) is 0 Å². The molecule has 0 unspecified atom stereocenters. The molecule has 2 rings (SSSR count). The number of esters is 1. The lowest BCUT2D eigenvalue weighted by atomic mass is 10.4. The summed E-state index contributed by atoms with van der Waals surface area (Å²) in [5.74, 6) is 0.0450. The standard InChI is InChI=1S/C11H12O2S/c1-13-11(12)9-7-10(9)14-8-5-3-2-4-6-8/h2-6,9-10H,7H2,1H3/t9-,10-/m1/s1. The quantitative estimate of drug-likeness (QED) is 0.713. The lowest BCUT2D eigenvalue weighted by molar-refractivity contribution is -0.142. The molecule has 1 aromatic rings. The Balaban J connectivity index is 1.88. The predicted octanol–water partition coefficient (Wildman–Crippen LogP) is 2.34. The third-order valence-corrected chi connectivity index (χ3v) is 3.63. The molecule has 2 atom stereocenters. The normalized spacial score (nSPS) is 24.4. The van der Waals surface area contributed by atoms with Crippen molar-refractivity contribution < 1.29 is 9.53 Å². The highest BCUT2D eigenvalue weighted by Crippen LogP contribution is 2.45.